The molecule has 4 heteroatoms. The number of aryl methyl sites for hydroxylation is 1. The first-order valence-corrected chi connectivity index (χ1v) is 7.30. The highest BCUT2D eigenvalue weighted by Gasteiger charge is 2.30. The summed E-state index contributed by atoms with van der Waals surface area (Å²) in [5.74, 6) is 0.525. The molecule has 110 valence electrons. The van der Waals surface area contributed by atoms with E-state index in [4.69, 9.17) is 0 Å². The number of carbonyl (C=O) groups excluding carboxylic acids is 1. The average molecular weight is 295 g/mol. The van der Waals surface area contributed by atoms with Crippen LogP contribution in [0.4, 0.5) is 0 Å². The van der Waals surface area contributed by atoms with Gasteiger partial charge in [0.15, 0.2) is 0 Å². The van der Waals surface area contributed by atoms with Gasteiger partial charge in [0.05, 0.1) is 5.92 Å². The van der Waals surface area contributed by atoms with Gasteiger partial charge in [-0.2, -0.15) is 0 Å². The van der Waals surface area contributed by atoms with Crippen molar-refractivity contribution in [3.05, 3.63) is 35.4 Å². The fraction of sp³-hybridized carbons (Fsp3) is 0.562. The van der Waals surface area contributed by atoms with Crippen LogP contribution in [-0.2, 0) is 17.6 Å². The normalized spacial score (nSPS) is 24.6. The zero-order valence-electron chi connectivity index (χ0n) is 12.0. The van der Waals surface area contributed by atoms with Crippen LogP contribution in [0.25, 0.3) is 0 Å². The lowest BCUT2D eigenvalue weighted by molar-refractivity contribution is -0.135. The van der Waals surface area contributed by atoms with Crippen LogP contribution < -0.4 is 5.32 Å². The van der Waals surface area contributed by atoms with E-state index in [0.29, 0.717) is 11.9 Å². The average Bonchev–Trinajstić information content (AvgIpc) is 2.99. The van der Waals surface area contributed by atoms with E-state index in [1.54, 1.807) is 0 Å². The maximum Gasteiger partial charge on any atom is 0.227 e. The van der Waals surface area contributed by atoms with Crippen molar-refractivity contribution in [2.24, 2.45) is 5.92 Å². The summed E-state index contributed by atoms with van der Waals surface area (Å²) in [6, 6.07) is 9.01. The van der Waals surface area contributed by atoms with Crippen LogP contribution >= 0.6 is 12.4 Å². The Morgan fingerprint density at radius 3 is 2.70 bits per heavy atom. The van der Waals surface area contributed by atoms with Gasteiger partial charge in [-0.15, -0.1) is 12.4 Å². The molecule has 2 aliphatic rings. The van der Waals surface area contributed by atoms with Crippen molar-refractivity contribution in [3.8, 4) is 0 Å². The Labute approximate surface area is 127 Å². The number of hydrogen-bond acceptors (Lipinski definition) is 2. The van der Waals surface area contributed by atoms with Crippen molar-refractivity contribution in [1.29, 1.82) is 0 Å². The molecule has 1 aliphatic carbocycles. The van der Waals surface area contributed by atoms with E-state index in [2.05, 4.69) is 29.6 Å². The number of halogens is 1. The molecular weight excluding hydrogens is 272 g/mol. The number of nitrogens with one attached hydrogen (secondary N) is 1. The highest BCUT2D eigenvalue weighted by molar-refractivity contribution is 5.85. The molecule has 2 atom stereocenters. The number of hydrogen-bond donors (Lipinski definition) is 1. The Morgan fingerprint density at radius 2 is 2.00 bits per heavy atom. The molecule has 1 aromatic carbocycles. The molecule has 1 aliphatic heterocycles. The van der Waals surface area contributed by atoms with Crippen LogP contribution in [0.2, 0.25) is 0 Å². The molecule has 1 saturated heterocycles. The van der Waals surface area contributed by atoms with Gasteiger partial charge < -0.3 is 10.2 Å². The SMILES string of the molecule is CN(C(=O)C1CCNC1)C1CCc2ccccc2C1.Cl. The van der Waals surface area contributed by atoms with E-state index in [1.807, 2.05) is 11.9 Å². The lowest BCUT2D eigenvalue weighted by Gasteiger charge is -2.34. The fourth-order valence-electron chi connectivity index (χ4n) is 3.34. The molecule has 0 saturated carbocycles. The van der Waals surface area contributed by atoms with Crippen LogP contribution in [0, 0.1) is 5.92 Å². The highest BCUT2D eigenvalue weighted by Crippen LogP contribution is 2.25. The van der Waals surface area contributed by atoms with E-state index in [1.165, 1.54) is 11.1 Å². The Bertz CT molecular complexity index is 471. The van der Waals surface area contributed by atoms with Crippen molar-refractivity contribution in [2.45, 2.75) is 31.7 Å². The Kier molecular flexibility index (Phi) is 5.06. The molecule has 1 aromatic rings. The second-order valence-corrected chi connectivity index (χ2v) is 5.80. The van der Waals surface area contributed by atoms with Crippen molar-refractivity contribution in [3.63, 3.8) is 0 Å². The van der Waals surface area contributed by atoms with Crippen molar-refractivity contribution in [2.75, 3.05) is 20.1 Å². The third-order valence-corrected chi connectivity index (χ3v) is 4.63. The number of fused-ring (bicyclic) bond motifs is 1. The largest absolute Gasteiger partial charge is 0.342 e. The van der Waals surface area contributed by atoms with Crippen LogP contribution in [0.1, 0.15) is 24.0 Å². The molecule has 2 unspecified atom stereocenters. The first kappa shape index (κ1) is 15.3. The van der Waals surface area contributed by atoms with E-state index >= 15 is 0 Å². The lowest BCUT2D eigenvalue weighted by atomic mass is 9.87. The van der Waals surface area contributed by atoms with Gasteiger partial charge in [-0.25, -0.2) is 0 Å². The van der Waals surface area contributed by atoms with Crippen molar-refractivity contribution >= 4 is 18.3 Å². The van der Waals surface area contributed by atoms with Gasteiger partial charge in [0.2, 0.25) is 5.91 Å². The monoisotopic (exact) mass is 294 g/mol. The Morgan fingerprint density at radius 1 is 1.25 bits per heavy atom. The molecular formula is C16H23ClN2O. The summed E-state index contributed by atoms with van der Waals surface area (Å²) >= 11 is 0. The van der Waals surface area contributed by atoms with E-state index < -0.39 is 0 Å². The van der Waals surface area contributed by atoms with Gasteiger partial charge in [-0.05, 0) is 43.4 Å². The number of likely N-dealkylation sites (N-methyl/N-ethyl adjacent to an activating group) is 1. The third-order valence-electron chi connectivity index (χ3n) is 4.63. The predicted molar refractivity (Wildman–Crippen MR) is 83.2 cm³/mol. The molecule has 0 aromatic heterocycles. The quantitative estimate of drug-likeness (QED) is 0.905. The van der Waals surface area contributed by atoms with Gasteiger partial charge >= 0.3 is 0 Å². The van der Waals surface area contributed by atoms with Crippen molar-refractivity contribution < 1.29 is 4.79 Å². The number of carbonyl (C=O) groups is 1. The second kappa shape index (κ2) is 6.59. The second-order valence-electron chi connectivity index (χ2n) is 5.80. The molecule has 1 N–H and O–H groups in total. The Hall–Kier alpha value is -1.06. The number of amides is 1. The zero-order chi connectivity index (χ0) is 13.2. The molecule has 0 radical (unpaired) electrons. The van der Waals surface area contributed by atoms with Gasteiger partial charge in [0.1, 0.15) is 0 Å². The van der Waals surface area contributed by atoms with Gasteiger partial charge in [0, 0.05) is 19.6 Å². The number of nitrogens with zero attached hydrogens (tertiary/aromatic N) is 1. The molecule has 3 nitrogen and oxygen atoms in total. The topological polar surface area (TPSA) is 32.3 Å². The molecule has 0 spiro atoms. The van der Waals surface area contributed by atoms with Gasteiger partial charge in [-0.1, -0.05) is 24.3 Å². The summed E-state index contributed by atoms with van der Waals surface area (Å²) in [7, 11) is 1.99. The minimum Gasteiger partial charge on any atom is -0.342 e. The summed E-state index contributed by atoms with van der Waals surface area (Å²) in [5.41, 5.74) is 2.88. The fourth-order valence-corrected chi connectivity index (χ4v) is 3.34. The van der Waals surface area contributed by atoms with E-state index in [9.17, 15) is 4.79 Å². The van der Waals surface area contributed by atoms with E-state index in [0.717, 1.165) is 38.8 Å². The summed E-state index contributed by atoms with van der Waals surface area (Å²) in [5, 5.41) is 3.28. The van der Waals surface area contributed by atoms with E-state index in [-0.39, 0.29) is 18.3 Å². The van der Waals surface area contributed by atoms with Crippen molar-refractivity contribution in [1.82, 2.24) is 10.2 Å². The van der Waals surface area contributed by atoms with Gasteiger partial charge in [-0.3, -0.25) is 4.79 Å². The summed E-state index contributed by atoms with van der Waals surface area (Å²) < 4.78 is 0. The molecule has 3 rings (SSSR count). The maximum atomic E-state index is 12.4. The summed E-state index contributed by atoms with van der Waals surface area (Å²) in [6.07, 6.45) is 4.20. The van der Waals surface area contributed by atoms with Crippen LogP contribution in [-0.4, -0.2) is 37.0 Å². The number of benzene rings is 1. The predicted octanol–water partition coefficient (Wildman–Crippen LogP) is 2.03. The molecule has 1 amide bonds. The summed E-state index contributed by atoms with van der Waals surface area (Å²) in [6.45, 7) is 1.84. The molecule has 0 bridgehead atoms. The lowest BCUT2D eigenvalue weighted by Crippen LogP contribution is -2.44. The van der Waals surface area contributed by atoms with Crippen LogP contribution in [0.3, 0.4) is 0 Å². The summed E-state index contributed by atoms with van der Waals surface area (Å²) in [4.78, 5) is 14.5. The molecule has 20 heavy (non-hydrogen) atoms. The third kappa shape index (κ3) is 2.99. The Balaban J connectivity index is 0.00000147. The maximum absolute atomic E-state index is 12.4. The smallest absolute Gasteiger partial charge is 0.227 e. The zero-order valence-corrected chi connectivity index (χ0v) is 12.8. The number of rotatable bonds is 2. The minimum absolute atomic E-state index is 0. The standard InChI is InChI=1S/C16H22N2O.ClH/c1-18(16(19)14-8-9-17-11-14)15-7-6-12-4-2-3-5-13(12)10-15;/h2-5,14-15,17H,6-11H2,1H3;1H. The highest BCUT2D eigenvalue weighted by atomic mass is 35.5. The van der Waals surface area contributed by atoms with Crippen LogP contribution in [0.5, 0.6) is 0 Å². The first-order chi connectivity index (χ1) is 9.25. The minimum atomic E-state index is 0. The van der Waals surface area contributed by atoms with Gasteiger partial charge in [0.25, 0.3) is 0 Å². The molecule has 1 heterocycles. The first-order valence-electron chi connectivity index (χ1n) is 7.30. The van der Waals surface area contributed by atoms with Crippen LogP contribution in [0.15, 0.2) is 24.3 Å². The molecule has 1 fully saturated rings.